The summed E-state index contributed by atoms with van der Waals surface area (Å²) in [6.07, 6.45) is -4.03. The first-order valence-electron chi connectivity index (χ1n) is 5.35. The maximum Gasteiger partial charge on any atom is 0.391 e. The van der Waals surface area contributed by atoms with Crippen molar-refractivity contribution in [2.45, 2.75) is 24.9 Å². The van der Waals surface area contributed by atoms with Crippen LogP contribution in [0.2, 0.25) is 0 Å². The van der Waals surface area contributed by atoms with Gasteiger partial charge in [0, 0.05) is 5.56 Å². The molecule has 0 aromatic heterocycles. The molecule has 0 radical (unpaired) electrons. The molecular weight excluding hydrogens is 231 g/mol. The van der Waals surface area contributed by atoms with Gasteiger partial charge in [-0.25, -0.2) is 0 Å². The third-order valence-electron chi connectivity index (χ3n) is 3.27. The second-order valence-corrected chi connectivity index (χ2v) is 4.36. The highest BCUT2D eigenvalue weighted by Crippen LogP contribution is 2.49. The van der Waals surface area contributed by atoms with Gasteiger partial charge in [-0.1, -0.05) is 18.2 Å². The smallest absolute Gasteiger partial charge is 0.366 e. The largest absolute Gasteiger partial charge is 0.391 e. The molecule has 0 saturated heterocycles. The average molecular weight is 243 g/mol. The molecule has 0 bridgehead atoms. The minimum Gasteiger partial charge on any atom is -0.366 e. The number of hydrogen-bond acceptors (Lipinski definition) is 1. The molecule has 2 nitrogen and oxygen atoms in total. The number of alkyl halides is 3. The molecule has 1 amide bonds. The molecule has 1 fully saturated rings. The highest BCUT2D eigenvalue weighted by atomic mass is 19.4. The number of carbonyl (C=O) groups excluding carboxylic acids is 1. The summed E-state index contributed by atoms with van der Waals surface area (Å²) in [5.74, 6) is -2.03. The number of benzene rings is 1. The van der Waals surface area contributed by atoms with E-state index in [-0.39, 0.29) is 18.8 Å². The molecule has 17 heavy (non-hydrogen) atoms. The van der Waals surface area contributed by atoms with Gasteiger partial charge in [-0.3, -0.25) is 4.79 Å². The highest BCUT2D eigenvalue weighted by molar-refractivity contribution is 5.94. The van der Waals surface area contributed by atoms with Crippen LogP contribution in [0, 0.1) is 5.92 Å². The number of carbonyl (C=O) groups is 1. The Bertz CT molecular complexity index is 436. The summed E-state index contributed by atoms with van der Waals surface area (Å²) in [5, 5.41) is 0. The van der Waals surface area contributed by atoms with E-state index in [1.807, 2.05) is 0 Å². The Morgan fingerprint density at radius 1 is 1.24 bits per heavy atom. The van der Waals surface area contributed by atoms with Crippen molar-refractivity contribution in [2.75, 3.05) is 0 Å². The quantitative estimate of drug-likeness (QED) is 0.852. The molecule has 0 unspecified atom stereocenters. The van der Waals surface area contributed by atoms with E-state index in [0.29, 0.717) is 11.1 Å². The summed E-state index contributed by atoms with van der Waals surface area (Å²) in [6, 6.07) is 6.60. The lowest BCUT2D eigenvalue weighted by molar-refractivity contribution is -0.197. The first kappa shape index (κ1) is 12.0. The van der Waals surface area contributed by atoms with Gasteiger partial charge in [0.25, 0.3) is 0 Å². The van der Waals surface area contributed by atoms with Crippen molar-refractivity contribution in [1.29, 1.82) is 0 Å². The van der Waals surface area contributed by atoms with Crippen LogP contribution in [0.3, 0.4) is 0 Å². The lowest BCUT2D eigenvalue weighted by Gasteiger charge is -2.37. The van der Waals surface area contributed by atoms with Crippen LogP contribution in [0.5, 0.6) is 0 Å². The molecule has 0 aliphatic heterocycles. The van der Waals surface area contributed by atoms with E-state index in [1.54, 1.807) is 24.3 Å². The van der Waals surface area contributed by atoms with Crippen LogP contribution in [0.4, 0.5) is 13.2 Å². The fourth-order valence-electron chi connectivity index (χ4n) is 2.22. The molecule has 1 aromatic rings. The average Bonchev–Trinajstić information content (AvgIpc) is 2.13. The Morgan fingerprint density at radius 3 is 2.35 bits per heavy atom. The van der Waals surface area contributed by atoms with E-state index in [0.717, 1.165) is 0 Å². The minimum atomic E-state index is -4.13. The van der Waals surface area contributed by atoms with Gasteiger partial charge >= 0.3 is 6.18 Å². The van der Waals surface area contributed by atoms with E-state index in [4.69, 9.17) is 5.73 Å². The molecule has 1 aliphatic carbocycles. The predicted molar refractivity (Wildman–Crippen MR) is 56.5 cm³/mol. The van der Waals surface area contributed by atoms with Crippen molar-refractivity contribution < 1.29 is 18.0 Å². The van der Waals surface area contributed by atoms with Crippen molar-refractivity contribution >= 4 is 5.91 Å². The molecule has 92 valence electrons. The van der Waals surface area contributed by atoms with Crippen LogP contribution in [0.1, 0.15) is 34.7 Å². The topological polar surface area (TPSA) is 43.1 Å². The minimum absolute atomic E-state index is 0.0494. The van der Waals surface area contributed by atoms with Crippen LogP contribution in [-0.2, 0) is 0 Å². The van der Waals surface area contributed by atoms with Gasteiger partial charge in [-0.05, 0) is 30.4 Å². The Hall–Kier alpha value is -1.52. The molecule has 2 N–H and O–H groups in total. The van der Waals surface area contributed by atoms with Gasteiger partial charge in [-0.2, -0.15) is 13.2 Å². The molecule has 0 atom stereocenters. The molecule has 1 aromatic carbocycles. The summed E-state index contributed by atoms with van der Waals surface area (Å²) in [4.78, 5) is 11.1. The van der Waals surface area contributed by atoms with Crippen molar-refractivity contribution in [3.05, 3.63) is 35.4 Å². The van der Waals surface area contributed by atoms with Gasteiger partial charge in [0.05, 0.1) is 5.92 Å². The number of amides is 1. The van der Waals surface area contributed by atoms with Crippen LogP contribution >= 0.6 is 0 Å². The van der Waals surface area contributed by atoms with Gasteiger partial charge < -0.3 is 5.73 Å². The van der Waals surface area contributed by atoms with Gasteiger partial charge in [0.15, 0.2) is 0 Å². The van der Waals surface area contributed by atoms with Gasteiger partial charge in [0.1, 0.15) is 0 Å². The van der Waals surface area contributed by atoms with Crippen molar-refractivity contribution in [3.8, 4) is 0 Å². The van der Waals surface area contributed by atoms with Crippen LogP contribution in [0.15, 0.2) is 24.3 Å². The fourth-order valence-corrected chi connectivity index (χ4v) is 2.22. The van der Waals surface area contributed by atoms with E-state index in [1.165, 1.54) is 0 Å². The maximum atomic E-state index is 12.4. The monoisotopic (exact) mass is 243 g/mol. The third kappa shape index (κ3) is 2.28. The second kappa shape index (κ2) is 4.05. The first-order chi connectivity index (χ1) is 7.89. The summed E-state index contributed by atoms with van der Waals surface area (Å²) >= 11 is 0. The third-order valence-corrected chi connectivity index (χ3v) is 3.27. The zero-order chi connectivity index (χ0) is 12.6. The van der Waals surface area contributed by atoms with Gasteiger partial charge in [0.2, 0.25) is 5.91 Å². The summed E-state index contributed by atoms with van der Waals surface area (Å²) in [5.41, 5.74) is 6.16. The Kier molecular flexibility index (Phi) is 2.85. The number of nitrogens with two attached hydrogens (primary N) is 1. The summed E-state index contributed by atoms with van der Waals surface area (Å²) < 4.78 is 37.1. The number of halogens is 3. The van der Waals surface area contributed by atoms with E-state index in [9.17, 15) is 18.0 Å². The Balaban J connectivity index is 2.14. The van der Waals surface area contributed by atoms with E-state index < -0.39 is 18.0 Å². The molecule has 1 saturated carbocycles. The van der Waals surface area contributed by atoms with Crippen molar-refractivity contribution in [3.63, 3.8) is 0 Å². The summed E-state index contributed by atoms with van der Waals surface area (Å²) in [7, 11) is 0. The lowest BCUT2D eigenvalue weighted by atomic mass is 9.70. The standard InChI is InChI=1S/C12H12F3NO/c13-12(14,15)8-5-7(6-8)9-3-1-2-4-10(9)11(16)17/h1-4,7-8H,5-6H2,(H2,16,17). The first-order valence-corrected chi connectivity index (χ1v) is 5.35. The molecule has 0 spiro atoms. The van der Waals surface area contributed by atoms with Crippen molar-refractivity contribution in [2.24, 2.45) is 11.7 Å². The van der Waals surface area contributed by atoms with Crippen LogP contribution < -0.4 is 5.73 Å². The molecule has 2 rings (SSSR count). The zero-order valence-corrected chi connectivity index (χ0v) is 9.00. The number of hydrogen-bond donors (Lipinski definition) is 1. The SMILES string of the molecule is NC(=O)c1ccccc1C1CC(C(F)(F)F)C1. The van der Waals surface area contributed by atoms with Crippen molar-refractivity contribution in [1.82, 2.24) is 0 Å². The Labute approximate surface area is 96.6 Å². The normalized spacial score (nSPS) is 24.2. The molecule has 1 aliphatic rings. The molecule has 0 heterocycles. The highest BCUT2D eigenvalue weighted by Gasteiger charge is 2.48. The zero-order valence-electron chi connectivity index (χ0n) is 9.00. The Morgan fingerprint density at radius 2 is 1.82 bits per heavy atom. The predicted octanol–water partition coefficient (Wildman–Crippen LogP) is 2.84. The summed E-state index contributed by atoms with van der Waals surface area (Å²) in [6.45, 7) is 0. The maximum absolute atomic E-state index is 12.4. The van der Waals surface area contributed by atoms with E-state index >= 15 is 0 Å². The fraction of sp³-hybridized carbons (Fsp3) is 0.417. The van der Waals surface area contributed by atoms with Gasteiger partial charge in [-0.15, -0.1) is 0 Å². The molecular formula is C12H12F3NO. The van der Waals surface area contributed by atoms with E-state index in [2.05, 4.69) is 0 Å². The second-order valence-electron chi connectivity index (χ2n) is 4.36. The molecule has 5 heteroatoms. The lowest BCUT2D eigenvalue weighted by Crippen LogP contribution is -2.35. The van der Waals surface area contributed by atoms with Crippen LogP contribution in [0.25, 0.3) is 0 Å². The number of primary amides is 1. The number of rotatable bonds is 2. The van der Waals surface area contributed by atoms with Crippen LogP contribution in [-0.4, -0.2) is 12.1 Å².